The van der Waals surface area contributed by atoms with Gasteiger partial charge in [-0.1, -0.05) is 30.3 Å². The zero-order valence-corrected chi connectivity index (χ0v) is 16.4. The Balaban J connectivity index is 1.24. The van der Waals surface area contributed by atoms with Crippen LogP contribution in [0.15, 0.2) is 48.5 Å². The normalized spacial score (nSPS) is 20.2. The van der Waals surface area contributed by atoms with Crippen LogP contribution in [0.5, 0.6) is 11.5 Å². The molecular weight excluding hydrogens is 366 g/mol. The largest absolute Gasteiger partial charge is 0.486 e. The summed E-state index contributed by atoms with van der Waals surface area (Å²) in [6.07, 6.45) is 3.27. The van der Waals surface area contributed by atoms with Crippen molar-refractivity contribution in [2.24, 2.45) is 5.92 Å². The van der Waals surface area contributed by atoms with Crippen molar-refractivity contribution in [2.75, 3.05) is 26.3 Å². The third-order valence-corrected chi connectivity index (χ3v) is 6.47. The van der Waals surface area contributed by atoms with Gasteiger partial charge in [0, 0.05) is 24.6 Å². The summed E-state index contributed by atoms with van der Waals surface area (Å²) >= 11 is 0. The summed E-state index contributed by atoms with van der Waals surface area (Å²) in [5.41, 5.74) is 1.47. The molecule has 1 saturated heterocycles. The van der Waals surface area contributed by atoms with Gasteiger partial charge in [0.1, 0.15) is 13.2 Å². The summed E-state index contributed by atoms with van der Waals surface area (Å²) in [6, 6.07) is 15.5. The van der Waals surface area contributed by atoms with Crippen LogP contribution < -0.4 is 9.47 Å². The van der Waals surface area contributed by atoms with E-state index < -0.39 is 0 Å². The number of likely N-dealkylation sites (tertiary alicyclic amines) is 1. The molecular formula is C24H25NO4. The van der Waals surface area contributed by atoms with Gasteiger partial charge in [-0.25, -0.2) is 0 Å². The maximum absolute atomic E-state index is 13.2. The van der Waals surface area contributed by atoms with Crippen molar-refractivity contribution in [1.29, 1.82) is 0 Å². The Morgan fingerprint density at radius 1 is 0.897 bits per heavy atom. The molecule has 3 aliphatic rings. The number of hydrogen-bond donors (Lipinski definition) is 0. The molecule has 5 nitrogen and oxygen atoms in total. The molecule has 2 fully saturated rings. The number of piperidine rings is 1. The first-order valence-electron chi connectivity index (χ1n) is 10.5. The first-order chi connectivity index (χ1) is 14.2. The van der Waals surface area contributed by atoms with Crippen LogP contribution in [0.25, 0.3) is 0 Å². The van der Waals surface area contributed by atoms with Gasteiger partial charge < -0.3 is 14.4 Å². The van der Waals surface area contributed by atoms with Gasteiger partial charge in [-0.3, -0.25) is 9.59 Å². The lowest BCUT2D eigenvalue weighted by Gasteiger charge is -2.34. The lowest BCUT2D eigenvalue weighted by Crippen LogP contribution is -2.45. The second-order valence-corrected chi connectivity index (χ2v) is 8.24. The van der Waals surface area contributed by atoms with Crippen molar-refractivity contribution in [3.63, 3.8) is 0 Å². The number of Topliss-reactive ketones (excluding diaryl/α,β-unsaturated/α-hetero) is 1. The molecule has 2 aliphatic heterocycles. The van der Waals surface area contributed by atoms with E-state index in [0.29, 0.717) is 56.2 Å². The van der Waals surface area contributed by atoms with Gasteiger partial charge in [-0.05, 0) is 49.4 Å². The van der Waals surface area contributed by atoms with Crippen LogP contribution in [-0.2, 0) is 10.2 Å². The predicted molar refractivity (Wildman–Crippen MR) is 108 cm³/mol. The van der Waals surface area contributed by atoms with Crippen molar-refractivity contribution in [3.8, 4) is 11.5 Å². The van der Waals surface area contributed by atoms with Crippen molar-refractivity contribution >= 4 is 11.7 Å². The van der Waals surface area contributed by atoms with Crippen molar-refractivity contribution < 1.29 is 19.1 Å². The third-order valence-electron chi connectivity index (χ3n) is 6.47. The highest BCUT2D eigenvalue weighted by atomic mass is 16.6. The van der Waals surface area contributed by atoms with Gasteiger partial charge in [0.05, 0.1) is 5.41 Å². The zero-order valence-electron chi connectivity index (χ0n) is 16.4. The Morgan fingerprint density at radius 3 is 2.28 bits per heavy atom. The lowest BCUT2D eigenvalue weighted by molar-refractivity contribution is -0.135. The Morgan fingerprint density at radius 2 is 1.59 bits per heavy atom. The molecule has 2 aromatic carbocycles. The number of ketones is 1. The molecule has 0 atom stereocenters. The fourth-order valence-electron chi connectivity index (χ4n) is 4.59. The molecule has 0 radical (unpaired) electrons. The molecule has 2 aromatic rings. The monoisotopic (exact) mass is 391 g/mol. The van der Waals surface area contributed by atoms with Crippen LogP contribution >= 0.6 is 0 Å². The molecule has 1 amide bonds. The average molecular weight is 391 g/mol. The summed E-state index contributed by atoms with van der Waals surface area (Å²) < 4.78 is 11.1. The van der Waals surface area contributed by atoms with Crippen LogP contribution in [0, 0.1) is 5.92 Å². The molecule has 5 heteroatoms. The Labute approximate surface area is 170 Å². The van der Waals surface area contributed by atoms with E-state index in [1.165, 1.54) is 0 Å². The first-order valence-corrected chi connectivity index (χ1v) is 10.5. The number of fused-ring (bicyclic) bond motifs is 1. The van der Waals surface area contributed by atoms with E-state index in [0.717, 1.165) is 18.4 Å². The minimum Gasteiger partial charge on any atom is -0.486 e. The molecule has 2 heterocycles. The molecule has 150 valence electrons. The highest BCUT2D eigenvalue weighted by molar-refractivity contribution is 5.99. The Hall–Kier alpha value is -2.82. The van der Waals surface area contributed by atoms with Crippen LogP contribution in [0.2, 0.25) is 0 Å². The maximum atomic E-state index is 13.2. The number of carbonyl (C=O) groups is 2. The standard InChI is InChI=1S/C24H25NO4/c26-22(18-6-7-20-21(16-18)29-15-14-28-20)17-8-12-25(13-9-17)23(27)24(10-11-24)19-4-2-1-3-5-19/h1-7,16-17H,8-15H2. The fourth-order valence-corrected chi connectivity index (χ4v) is 4.59. The highest BCUT2D eigenvalue weighted by Crippen LogP contribution is 2.50. The Bertz CT molecular complexity index is 927. The minimum atomic E-state index is -0.325. The van der Waals surface area contributed by atoms with E-state index in [9.17, 15) is 9.59 Å². The van der Waals surface area contributed by atoms with E-state index >= 15 is 0 Å². The molecule has 0 N–H and O–H groups in total. The number of hydrogen-bond acceptors (Lipinski definition) is 4. The van der Waals surface area contributed by atoms with E-state index in [1.54, 1.807) is 6.07 Å². The van der Waals surface area contributed by atoms with Crippen LogP contribution in [-0.4, -0.2) is 42.9 Å². The topological polar surface area (TPSA) is 55.8 Å². The van der Waals surface area contributed by atoms with Crippen LogP contribution in [0.3, 0.4) is 0 Å². The summed E-state index contributed by atoms with van der Waals surface area (Å²) in [6.45, 7) is 2.34. The first kappa shape index (κ1) is 18.2. The van der Waals surface area contributed by atoms with Gasteiger partial charge in [-0.2, -0.15) is 0 Å². The quantitative estimate of drug-likeness (QED) is 0.747. The van der Waals surface area contributed by atoms with E-state index in [1.807, 2.05) is 35.2 Å². The van der Waals surface area contributed by atoms with Gasteiger partial charge in [0.15, 0.2) is 17.3 Å². The van der Waals surface area contributed by atoms with Gasteiger partial charge >= 0.3 is 0 Å². The molecule has 1 aliphatic carbocycles. The fraction of sp³-hybridized carbons (Fsp3) is 0.417. The van der Waals surface area contributed by atoms with Crippen LogP contribution in [0.1, 0.15) is 41.6 Å². The SMILES string of the molecule is O=C(c1ccc2c(c1)OCCO2)C1CCN(C(=O)C2(c3ccccc3)CC2)CC1. The summed E-state index contributed by atoms with van der Waals surface area (Å²) in [5.74, 6) is 1.66. The van der Waals surface area contributed by atoms with Gasteiger partial charge in [0.25, 0.3) is 0 Å². The molecule has 5 rings (SSSR count). The number of carbonyl (C=O) groups excluding carboxylic acids is 2. The molecule has 29 heavy (non-hydrogen) atoms. The van der Waals surface area contributed by atoms with E-state index in [4.69, 9.17) is 9.47 Å². The maximum Gasteiger partial charge on any atom is 0.233 e. The minimum absolute atomic E-state index is 0.0477. The zero-order chi connectivity index (χ0) is 19.8. The molecule has 0 spiro atoms. The van der Waals surface area contributed by atoms with Crippen LogP contribution in [0.4, 0.5) is 0 Å². The molecule has 0 aromatic heterocycles. The number of benzene rings is 2. The summed E-state index contributed by atoms with van der Waals surface area (Å²) in [7, 11) is 0. The molecule has 0 bridgehead atoms. The number of nitrogens with zero attached hydrogens (tertiary/aromatic N) is 1. The van der Waals surface area contributed by atoms with Gasteiger partial charge in [-0.15, -0.1) is 0 Å². The smallest absolute Gasteiger partial charge is 0.233 e. The third kappa shape index (κ3) is 3.28. The Kier molecular flexibility index (Phi) is 4.53. The lowest BCUT2D eigenvalue weighted by atomic mass is 9.87. The summed E-state index contributed by atoms with van der Waals surface area (Å²) in [4.78, 5) is 28.2. The van der Waals surface area contributed by atoms with Crippen molar-refractivity contribution in [3.05, 3.63) is 59.7 Å². The highest BCUT2D eigenvalue weighted by Gasteiger charge is 2.53. The van der Waals surface area contributed by atoms with Gasteiger partial charge in [0.2, 0.25) is 5.91 Å². The second-order valence-electron chi connectivity index (χ2n) is 8.24. The van der Waals surface area contributed by atoms with Crippen molar-refractivity contribution in [1.82, 2.24) is 4.90 Å². The number of rotatable bonds is 4. The van der Waals surface area contributed by atoms with Crippen molar-refractivity contribution in [2.45, 2.75) is 31.1 Å². The predicted octanol–water partition coefficient (Wildman–Crippen LogP) is 3.61. The summed E-state index contributed by atoms with van der Waals surface area (Å²) in [5, 5.41) is 0. The number of ether oxygens (including phenoxy) is 2. The number of amides is 1. The van der Waals surface area contributed by atoms with E-state index in [2.05, 4.69) is 12.1 Å². The molecule has 1 saturated carbocycles. The molecule has 0 unspecified atom stereocenters. The average Bonchev–Trinajstić information content (AvgIpc) is 3.61. The van der Waals surface area contributed by atoms with E-state index in [-0.39, 0.29) is 23.0 Å². The second kappa shape index (κ2) is 7.21.